The second kappa shape index (κ2) is 7.14. The van der Waals surface area contributed by atoms with E-state index in [4.69, 9.17) is 0 Å². The van der Waals surface area contributed by atoms with Crippen LogP contribution in [0.4, 0.5) is 5.69 Å². The van der Waals surface area contributed by atoms with Crippen molar-refractivity contribution in [3.05, 3.63) is 66.1 Å². The Hall–Kier alpha value is -2.92. The molecular weight excluding hydrogens is 324 g/mol. The molecule has 0 aliphatic carbocycles. The number of amides is 1. The summed E-state index contributed by atoms with van der Waals surface area (Å²) >= 11 is 0. The van der Waals surface area contributed by atoms with Crippen LogP contribution in [0.1, 0.15) is 17.5 Å². The van der Waals surface area contributed by atoms with Crippen LogP contribution in [0.15, 0.2) is 55.0 Å². The molecule has 0 saturated carbocycles. The quantitative estimate of drug-likeness (QED) is 0.720. The van der Waals surface area contributed by atoms with Gasteiger partial charge >= 0.3 is 0 Å². The highest BCUT2D eigenvalue weighted by Gasteiger charge is 2.15. The number of likely N-dealkylation sites (N-methyl/N-ethyl adjacent to an activating group) is 1. The van der Waals surface area contributed by atoms with E-state index in [0.29, 0.717) is 6.54 Å². The van der Waals surface area contributed by atoms with E-state index in [1.165, 1.54) is 11.1 Å². The van der Waals surface area contributed by atoms with Crippen LogP contribution < -0.4 is 4.90 Å². The third-order valence-electron chi connectivity index (χ3n) is 4.96. The average Bonchev–Trinajstić information content (AvgIpc) is 3.11. The van der Waals surface area contributed by atoms with Crippen LogP contribution in [0, 0.1) is 0 Å². The van der Waals surface area contributed by atoms with Crippen molar-refractivity contribution in [3.8, 4) is 0 Å². The van der Waals surface area contributed by atoms with Crippen LogP contribution in [0.3, 0.4) is 0 Å². The number of aromatic amines is 1. The van der Waals surface area contributed by atoms with E-state index in [-0.39, 0.29) is 0 Å². The maximum atomic E-state index is 11.7. The Morgan fingerprint density at radius 2 is 2.27 bits per heavy atom. The molecule has 0 atom stereocenters. The molecule has 0 spiro atoms. The Kier molecular flexibility index (Phi) is 4.54. The predicted octanol–water partition coefficient (Wildman–Crippen LogP) is 3.44. The fourth-order valence-corrected chi connectivity index (χ4v) is 3.45. The number of nitrogens with zero attached hydrogens (tertiary/aromatic N) is 3. The second-order valence-electron chi connectivity index (χ2n) is 6.77. The van der Waals surface area contributed by atoms with Crippen molar-refractivity contribution in [3.63, 3.8) is 0 Å². The zero-order chi connectivity index (χ0) is 17.9. The molecule has 1 amide bonds. The lowest BCUT2D eigenvalue weighted by atomic mass is 9.99. The van der Waals surface area contributed by atoms with Gasteiger partial charge in [-0.1, -0.05) is 12.1 Å². The van der Waals surface area contributed by atoms with E-state index in [9.17, 15) is 4.79 Å². The van der Waals surface area contributed by atoms with Gasteiger partial charge in [0.1, 0.15) is 0 Å². The molecular formula is C21H22N4O. The van der Waals surface area contributed by atoms with Gasteiger partial charge in [0.05, 0.1) is 6.54 Å². The fraction of sp³-hybridized carbons (Fsp3) is 0.238. The lowest BCUT2D eigenvalue weighted by molar-refractivity contribution is -0.107. The normalized spacial score (nSPS) is 15.0. The molecule has 0 bridgehead atoms. The molecule has 1 aromatic carbocycles. The summed E-state index contributed by atoms with van der Waals surface area (Å²) in [6.07, 6.45) is 9.84. The Morgan fingerprint density at radius 1 is 1.35 bits per heavy atom. The molecule has 0 fully saturated rings. The van der Waals surface area contributed by atoms with Gasteiger partial charge in [-0.25, -0.2) is 0 Å². The Morgan fingerprint density at radius 3 is 3.00 bits per heavy atom. The van der Waals surface area contributed by atoms with Crippen molar-refractivity contribution >= 4 is 28.6 Å². The number of hydrogen-bond acceptors (Lipinski definition) is 3. The first-order valence-corrected chi connectivity index (χ1v) is 8.84. The monoisotopic (exact) mass is 346 g/mol. The topological polar surface area (TPSA) is 52.2 Å². The molecule has 3 heterocycles. The van der Waals surface area contributed by atoms with Crippen LogP contribution >= 0.6 is 0 Å². The summed E-state index contributed by atoms with van der Waals surface area (Å²) in [5.41, 5.74) is 5.60. The zero-order valence-corrected chi connectivity index (χ0v) is 14.9. The number of nitrogens with one attached hydrogen (secondary N) is 1. The number of rotatable bonds is 5. The molecule has 4 rings (SSSR count). The molecule has 1 aliphatic heterocycles. The maximum Gasteiger partial charge on any atom is 0.214 e. The van der Waals surface area contributed by atoms with Crippen molar-refractivity contribution in [1.82, 2.24) is 14.9 Å². The van der Waals surface area contributed by atoms with Gasteiger partial charge in [0, 0.05) is 53.8 Å². The van der Waals surface area contributed by atoms with E-state index in [2.05, 4.69) is 40.3 Å². The summed E-state index contributed by atoms with van der Waals surface area (Å²) < 4.78 is 0. The number of anilines is 1. The summed E-state index contributed by atoms with van der Waals surface area (Å²) in [6.45, 7) is 2.55. The number of H-pyrrole nitrogens is 1. The van der Waals surface area contributed by atoms with Gasteiger partial charge in [0.2, 0.25) is 6.41 Å². The highest BCUT2D eigenvalue weighted by atomic mass is 16.1. The van der Waals surface area contributed by atoms with Crippen LogP contribution in [0.2, 0.25) is 0 Å². The summed E-state index contributed by atoms with van der Waals surface area (Å²) in [5.74, 6) is 0. The lowest BCUT2D eigenvalue weighted by Gasteiger charge is -2.22. The molecule has 1 N–H and O–H groups in total. The first-order chi connectivity index (χ1) is 12.7. The Balaban J connectivity index is 1.68. The standard InChI is InChI=1S/C21H22N4O/c1-24-9-6-17(7-10-24)20-13-23-21-5-4-18(11-19(20)21)25(15-26)14-16-3-2-8-22-12-16/h2-6,8,11-13,15,23H,7,9-10,14H2,1H3. The van der Waals surface area contributed by atoms with Gasteiger partial charge in [0.25, 0.3) is 0 Å². The minimum absolute atomic E-state index is 0.510. The number of aromatic nitrogens is 2. The number of pyridine rings is 1. The second-order valence-corrected chi connectivity index (χ2v) is 6.77. The SMILES string of the molecule is CN1CC=C(c2c[nH]c3ccc(N(C=O)Cc4cccnc4)cc23)CC1. The van der Waals surface area contributed by atoms with Gasteiger partial charge in [-0.2, -0.15) is 0 Å². The molecule has 1 aliphatic rings. The Bertz CT molecular complexity index is 945. The minimum atomic E-state index is 0.510. The molecule has 2 aromatic heterocycles. The first kappa shape index (κ1) is 16.5. The molecule has 5 heteroatoms. The molecule has 3 aromatic rings. The third kappa shape index (κ3) is 3.26. The van der Waals surface area contributed by atoms with Crippen LogP contribution in [0.5, 0.6) is 0 Å². The number of hydrogen-bond donors (Lipinski definition) is 1. The number of benzene rings is 1. The highest BCUT2D eigenvalue weighted by Crippen LogP contribution is 2.31. The number of fused-ring (bicyclic) bond motifs is 1. The summed E-state index contributed by atoms with van der Waals surface area (Å²) in [5, 5.41) is 1.16. The molecule has 0 unspecified atom stereocenters. The highest BCUT2D eigenvalue weighted by molar-refractivity contribution is 5.96. The van der Waals surface area contributed by atoms with Gasteiger partial charge < -0.3 is 14.8 Å². The van der Waals surface area contributed by atoms with Crippen LogP contribution in [0.25, 0.3) is 16.5 Å². The van der Waals surface area contributed by atoms with Crippen molar-refractivity contribution < 1.29 is 4.79 Å². The van der Waals surface area contributed by atoms with Crippen LogP contribution in [-0.2, 0) is 11.3 Å². The van der Waals surface area contributed by atoms with Crippen LogP contribution in [-0.4, -0.2) is 41.4 Å². The van der Waals surface area contributed by atoms with Gasteiger partial charge in [-0.15, -0.1) is 0 Å². The molecule has 26 heavy (non-hydrogen) atoms. The van der Waals surface area contributed by atoms with Crippen molar-refractivity contribution in [2.45, 2.75) is 13.0 Å². The number of carbonyl (C=O) groups is 1. The van der Waals surface area contributed by atoms with Crippen molar-refractivity contribution in [1.29, 1.82) is 0 Å². The lowest BCUT2D eigenvalue weighted by Crippen LogP contribution is -2.23. The van der Waals surface area contributed by atoms with Gasteiger partial charge in [0.15, 0.2) is 0 Å². The van der Waals surface area contributed by atoms with E-state index in [0.717, 1.165) is 48.1 Å². The van der Waals surface area contributed by atoms with E-state index in [1.807, 2.05) is 24.3 Å². The summed E-state index contributed by atoms with van der Waals surface area (Å²) in [4.78, 5) is 23.2. The summed E-state index contributed by atoms with van der Waals surface area (Å²) in [7, 11) is 2.14. The van der Waals surface area contributed by atoms with E-state index in [1.54, 1.807) is 17.3 Å². The smallest absolute Gasteiger partial charge is 0.214 e. The fourth-order valence-electron chi connectivity index (χ4n) is 3.45. The van der Waals surface area contributed by atoms with Gasteiger partial charge in [-0.3, -0.25) is 9.78 Å². The zero-order valence-electron chi connectivity index (χ0n) is 14.9. The first-order valence-electron chi connectivity index (χ1n) is 8.84. The maximum absolute atomic E-state index is 11.7. The Labute approximate surface area is 153 Å². The van der Waals surface area contributed by atoms with Crippen molar-refractivity contribution in [2.75, 3.05) is 25.0 Å². The van der Waals surface area contributed by atoms with E-state index >= 15 is 0 Å². The van der Waals surface area contributed by atoms with Crippen molar-refractivity contribution in [2.24, 2.45) is 0 Å². The third-order valence-corrected chi connectivity index (χ3v) is 4.96. The largest absolute Gasteiger partial charge is 0.361 e. The molecule has 0 radical (unpaired) electrons. The molecule has 132 valence electrons. The number of carbonyl (C=O) groups excluding carboxylic acids is 1. The van der Waals surface area contributed by atoms with E-state index < -0.39 is 0 Å². The average molecular weight is 346 g/mol. The summed E-state index contributed by atoms with van der Waals surface area (Å²) in [6, 6.07) is 10.00. The molecule has 5 nitrogen and oxygen atoms in total. The van der Waals surface area contributed by atoms with Gasteiger partial charge in [-0.05, 0) is 48.9 Å². The minimum Gasteiger partial charge on any atom is -0.361 e. The predicted molar refractivity (Wildman–Crippen MR) is 105 cm³/mol. The molecule has 0 saturated heterocycles.